The zero-order valence-electron chi connectivity index (χ0n) is 10.8. The molecule has 1 N–H and O–H groups in total. The fourth-order valence-corrected chi connectivity index (χ4v) is 2.75. The molecule has 2 rings (SSSR count). The van der Waals surface area contributed by atoms with E-state index in [0.717, 1.165) is 11.3 Å². The molecule has 0 radical (unpaired) electrons. The first kappa shape index (κ1) is 13.8. The maximum absolute atomic E-state index is 11.5. The summed E-state index contributed by atoms with van der Waals surface area (Å²) in [7, 11) is 1.35. The number of ether oxygens (including phenoxy) is 1. The van der Waals surface area contributed by atoms with Gasteiger partial charge in [-0.25, -0.2) is 9.78 Å². The molecule has 4 nitrogen and oxygen atoms in total. The molecule has 1 heterocycles. The molecule has 0 aliphatic heterocycles. The van der Waals surface area contributed by atoms with Crippen molar-refractivity contribution in [2.24, 2.45) is 0 Å². The van der Waals surface area contributed by atoms with E-state index in [4.69, 9.17) is 16.3 Å². The zero-order valence-corrected chi connectivity index (χ0v) is 12.4. The Kier molecular flexibility index (Phi) is 4.07. The SMILES string of the molecule is COC(=O)c1sc(Nc2ccc(C)cc2Cl)nc1C. The van der Waals surface area contributed by atoms with Crippen LogP contribution in [0.25, 0.3) is 0 Å². The van der Waals surface area contributed by atoms with Gasteiger partial charge in [0, 0.05) is 0 Å². The molecule has 1 aromatic carbocycles. The number of nitrogens with one attached hydrogen (secondary N) is 1. The molecule has 0 saturated carbocycles. The van der Waals surface area contributed by atoms with Crippen LogP contribution in [0.15, 0.2) is 18.2 Å². The van der Waals surface area contributed by atoms with Crippen LogP contribution in [0.4, 0.5) is 10.8 Å². The summed E-state index contributed by atoms with van der Waals surface area (Å²) in [5.74, 6) is -0.377. The second kappa shape index (κ2) is 5.59. The number of thiazole rings is 1. The smallest absolute Gasteiger partial charge is 0.350 e. The molecule has 0 saturated heterocycles. The lowest BCUT2D eigenvalue weighted by Crippen LogP contribution is -1.99. The minimum atomic E-state index is -0.377. The van der Waals surface area contributed by atoms with Gasteiger partial charge >= 0.3 is 5.97 Å². The van der Waals surface area contributed by atoms with Crippen molar-refractivity contribution in [2.75, 3.05) is 12.4 Å². The van der Waals surface area contributed by atoms with E-state index in [1.807, 2.05) is 25.1 Å². The Bertz CT molecular complexity index is 625. The van der Waals surface area contributed by atoms with Crippen LogP contribution in [0.5, 0.6) is 0 Å². The van der Waals surface area contributed by atoms with Gasteiger partial charge in [-0.1, -0.05) is 29.0 Å². The van der Waals surface area contributed by atoms with Crippen LogP contribution < -0.4 is 5.32 Å². The number of rotatable bonds is 3. The second-order valence-corrected chi connectivity index (χ2v) is 5.44. The first-order valence-electron chi connectivity index (χ1n) is 5.60. The molecule has 0 fully saturated rings. The van der Waals surface area contributed by atoms with E-state index in [0.29, 0.717) is 20.7 Å². The van der Waals surface area contributed by atoms with Gasteiger partial charge in [-0.2, -0.15) is 0 Å². The number of hydrogen-bond acceptors (Lipinski definition) is 5. The Balaban J connectivity index is 2.26. The topological polar surface area (TPSA) is 51.2 Å². The molecule has 0 bridgehead atoms. The molecular formula is C13H13ClN2O2S. The predicted molar refractivity (Wildman–Crippen MR) is 77.7 cm³/mol. The minimum absolute atomic E-state index is 0.377. The number of aryl methyl sites for hydroxylation is 2. The Morgan fingerprint density at radius 1 is 1.42 bits per heavy atom. The van der Waals surface area contributed by atoms with E-state index in [1.54, 1.807) is 6.92 Å². The third-order valence-corrected chi connectivity index (χ3v) is 3.90. The van der Waals surface area contributed by atoms with Gasteiger partial charge in [0.05, 0.1) is 23.5 Å². The largest absolute Gasteiger partial charge is 0.465 e. The fraction of sp³-hybridized carbons (Fsp3) is 0.231. The monoisotopic (exact) mass is 296 g/mol. The van der Waals surface area contributed by atoms with Crippen LogP contribution >= 0.6 is 22.9 Å². The van der Waals surface area contributed by atoms with E-state index < -0.39 is 0 Å². The number of hydrogen-bond donors (Lipinski definition) is 1. The standard InChI is InChI=1S/C13H13ClN2O2S/c1-7-4-5-10(9(14)6-7)16-13-15-8(2)11(19-13)12(17)18-3/h4-6H,1-3H3,(H,15,16). The number of benzene rings is 1. The van der Waals surface area contributed by atoms with E-state index in [9.17, 15) is 4.79 Å². The van der Waals surface area contributed by atoms with E-state index in [1.165, 1.54) is 18.4 Å². The number of methoxy groups -OCH3 is 1. The van der Waals surface area contributed by atoms with E-state index >= 15 is 0 Å². The Labute approximate surface area is 120 Å². The molecule has 0 spiro atoms. The van der Waals surface area contributed by atoms with E-state index in [-0.39, 0.29) is 5.97 Å². The van der Waals surface area contributed by atoms with Crippen molar-refractivity contribution in [3.63, 3.8) is 0 Å². The van der Waals surface area contributed by atoms with Gasteiger partial charge < -0.3 is 10.1 Å². The van der Waals surface area contributed by atoms with Crippen molar-refractivity contribution in [1.29, 1.82) is 0 Å². The summed E-state index contributed by atoms with van der Waals surface area (Å²) in [6, 6.07) is 5.70. The van der Waals surface area contributed by atoms with Crippen LogP contribution in [0.3, 0.4) is 0 Å². The van der Waals surface area contributed by atoms with Gasteiger partial charge in [0.15, 0.2) is 5.13 Å². The molecule has 2 aromatic rings. The highest BCUT2D eigenvalue weighted by Crippen LogP contribution is 2.30. The summed E-state index contributed by atoms with van der Waals surface area (Å²) in [6.45, 7) is 3.74. The van der Waals surface area contributed by atoms with Crippen LogP contribution in [0, 0.1) is 13.8 Å². The molecule has 0 amide bonds. The van der Waals surface area contributed by atoms with Gasteiger partial charge in [-0.15, -0.1) is 0 Å². The van der Waals surface area contributed by atoms with Gasteiger partial charge in [-0.05, 0) is 31.5 Å². The highest BCUT2D eigenvalue weighted by Gasteiger charge is 2.16. The molecule has 0 aliphatic carbocycles. The quantitative estimate of drug-likeness (QED) is 0.872. The molecule has 100 valence electrons. The summed E-state index contributed by atoms with van der Waals surface area (Å²) in [5.41, 5.74) is 2.49. The number of anilines is 2. The lowest BCUT2D eigenvalue weighted by Gasteiger charge is -2.05. The van der Waals surface area contributed by atoms with Crippen LogP contribution in [0.2, 0.25) is 5.02 Å². The molecular weight excluding hydrogens is 284 g/mol. The second-order valence-electron chi connectivity index (χ2n) is 4.03. The van der Waals surface area contributed by atoms with Crippen molar-refractivity contribution in [3.05, 3.63) is 39.4 Å². The van der Waals surface area contributed by atoms with Crippen molar-refractivity contribution in [2.45, 2.75) is 13.8 Å². The highest BCUT2D eigenvalue weighted by molar-refractivity contribution is 7.17. The number of aromatic nitrogens is 1. The molecule has 1 aromatic heterocycles. The van der Waals surface area contributed by atoms with Crippen LogP contribution in [0.1, 0.15) is 20.9 Å². The van der Waals surface area contributed by atoms with Gasteiger partial charge in [-0.3, -0.25) is 0 Å². The molecule has 0 aliphatic rings. The number of halogens is 1. The van der Waals surface area contributed by atoms with Gasteiger partial charge in [0.25, 0.3) is 0 Å². The average molecular weight is 297 g/mol. The summed E-state index contributed by atoms with van der Waals surface area (Å²) >= 11 is 7.38. The van der Waals surface area contributed by atoms with Crippen LogP contribution in [-0.4, -0.2) is 18.1 Å². The Morgan fingerprint density at radius 3 is 2.79 bits per heavy atom. The number of esters is 1. The molecule has 0 unspecified atom stereocenters. The van der Waals surface area contributed by atoms with E-state index in [2.05, 4.69) is 10.3 Å². The molecule has 19 heavy (non-hydrogen) atoms. The first-order chi connectivity index (χ1) is 9.01. The average Bonchev–Trinajstić information content (AvgIpc) is 2.73. The third kappa shape index (κ3) is 3.05. The number of carbonyl (C=O) groups is 1. The van der Waals surface area contributed by atoms with Crippen molar-refractivity contribution in [3.8, 4) is 0 Å². The summed E-state index contributed by atoms with van der Waals surface area (Å²) in [4.78, 5) is 16.3. The Morgan fingerprint density at radius 2 is 2.16 bits per heavy atom. The number of carbonyl (C=O) groups excluding carboxylic acids is 1. The zero-order chi connectivity index (χ0) is 14.0. The normalized spacial score (nSPS) is 10.3. The van der Waals surface area contributed by atoms with Gasteiger partial charge in [0.2, 0.25) is 0 Å². The number of nitrogens with zero attached hydrogens (tertiary/aromatic N) is 1. The Hall–Kier alpha value is -1.59. The van der Waals surface area contributed by atoms with Crippen molar-refractivity contribution in [1.82, 2.24) is 4.98 Å². The molecule has 0 atom stereocenters. The predicted octanol–water partition coefficient (Wildman–Crippen LogP) is 3.94. The lowest BCUT2D eigenvalue weighted by atomic mass is 10.2. The minimum Gasteiger partial charge on any atom is -0.465 e. The highest BCUT2D eigenvalue weighted by atomic mass is 35.5. The summed E-state index contributed by atoms with van der Waals surface area (Å²) in [6.07, 6.45) is 0. The maximum atomic E-state index is 11.5. The molecule has 6 heteroatoms. The lowest BCUT2D eigenvalue weighted by molar-refractivity contribution is 0.0605. The van der Waals surface area contributed by atoms with Crippen LogP contribution in [-0.2, 0) is 4.74 Å². The maximum Gasteiger partial charge on any atom is 0.350 e. The summed E-state index contributed by atoms with van der Waals surface area (Å²) < 4.78 is 4.70. The summed E-state index contributed by atoms with van der Waals surface area (Å²) in [5, 5.41) is 4.34. The first-order valence-corrected chi connectivity index (χ1v) is 6.79. The van der Waals surface area contributed by atoms with Crippen molar-refractivity contribution < 1.29 is 9.53 Å². The third-order valence-electron chi connectivity index (χ3n) is 2.53. The van der Waals surface area contributed by atoms with Gasteiger partial charge in [0.1, 0.15) is 4.88 Å². The fourth-order valence-electron chi connectivity index (χ4n) is 1.57. The van der Waals surface area contributed by atoms with Crippen molar-refractivity contribution >= 4 is 39.7 Å².